The third-order valence-corrected chi connectivity index (χ3v) is 2.37. The standard InChI is InChI=1S/C12H21N3/c1-10(8-9-15(2)3)14-12-7-5-4-6-11(12)13/h4-7,10,14H,8-9,13H2,1-3H3. The van der Waals surface area contributed by atoms with Gasteiger partial charge in [0.1, 0.15) is 0 Å². The van der Waals surface area contributed by atoms with Gasteiger partial charge in [0.2, 0.25) is 0 Å². The van der Waals surface area contributed by atoms with Crippen LogP contribution in [0.3, 0.4) is 0 Å². The molecule has 3 heteroatoms. The van der Waals surface area contributed by atoms with E-state index in [2.05, 4.69) is 31.2 Å². The van der Waals surface area contributed by atoms with Gasteiger partial charge >= 0.3 is 0 Å². The van der Waals surface area contributed by atoms with Crippen molar-refractivity contribution >= 4 is 11.4 Å². The molecule has 1 aromatic rings. The Morgan fingerprint density at radius 2 is 2.00 bits per heavy atom. The number of anilines is 2. The number of hydrogen-bond acceptors (Lipinski definition) is 3. The summed E-state index contributed by atoms with van der Waals surface area (Å²) in [6.07, 6.45) is 1.11. The Balaban J connectivity index is 2.44. The highest BCUT2D eigenvalue weighted by molar-refractivity contribution is 5.65. The first-order chi connectivity index (χ1) is 7.09. The van der Waals surface area contributed by atoms with Crippen LogP contribution < -0.4 is 11.1 Å². The lowest BCUT2D eigenvalue weighted by atomic mass is 10.2. The number of nitrogens with zero attached hydrogens (tertiary/aromatic N) is 1. The number of hydrogen-bond donors (Lipinski definition) is 2. The molecule has 0 saturated heterocycles. The van der Waals surface area contributed by atoms with Crippen LogP contribution in [0.4, 0.5) is 11.4 Å². The minimum absolute atomic E-state index is 0.442. The highest BCUT2D eigenvalue weighted by Crippen LogP contribution is 2.18. The van der Waals surface area contributed by atoms with Gasteiger partial charge in [-0.05, 0) is 46.1 Å². The lowest BCUT2D eigenvalue weighted by Crippen LogP contribution is -2.23. The summed E-state index contributed by atoms with van der Waals surface area (Å²) in [7, 11) is 4.17. The smallest absolute Gasteiger partial charge is 0.0575 e. The van der Waals surface area contributed by atoms with Gasteiger partial charge in [-0.25, -0.2) is 0 Å². The zero-order valence-corrected chi connectivity index (χ0v) is 9.83. The van der Waals surface area contributed by atoms with Crippen molar-refractivity contribution < 1.29 is 0 Å². The zero-order valence-electron chi connectivity index (χ0n) is 9.83. The molecule has 3 N–H and O–H groups in total. The Labute approximate surface area is 92.3 Å². The van der Waals surface area contributed by atoms with Crippen molar-refractivity contribution in [3.63, 3.8) is 0 Å². The second kappa shape index (κ2) is 5.61. The lowest BCUT2D eigenvalue weighted by molar-refractivity contribution is 0.390. The fraction of sp³-hybridized carbons (Fsp3) is 0.500. The molecule has 0 aliphatic heterocycles. The number of nitrogen functional groups attached to an aromatic ring is 1. The van der Waals surface area contributed by atoms with Crippen molar-refractivity contribution in [2.75, 3.05) is 31.7 Å². The molecule has 1 atom stereocenters. The highest BCUT2D eigenvalue weighted by Gasteiger charge is 2.04. The molecule has 84 valence electrons. The van der Waals surface area contributed by atoms with Gasteiger partial charge in [-0.15, -0.1) is 0 Å². The molecule has 0 fully saturated rings. The highest BCUT2D eigenvalue weighted by atomic mass is 15.1. The van der Waals surface area contributed by atoms with Crippen LogP contribution in [0.5, 0.6) is 0 Å². The molecule has 15 heavy (non-hydrogen) atoms. The van der Waals surface area contributed by atoms with Crippen LogP contribution in [0, 0.1) is 0 Å². The molecule has 0 aliphatic carbocycles. The van der Waals surface area contributed by atoms with E-state index in [0.717, 1.165) is 24.3 Å². The summed E-state index contributed by atoms with van der Waals surface area (Å²) in [4.78, 5) is 2.19. The van der Waals surface area contributed by atoms with E-state index in [1.54, 1.807) is 0 Å². The van der Waals surface area contributed by atoms with Gasteiger partial charge in [-0.1, -0.05) is 12.1 Å². The topological polar surface area (TPSA) is 41.3 Å². The molecule has 1 unspecified atom stereocenters. The van der Waals surface area contributed by atoms with Crippen LogP contribution in [0.1, 0.15) is 13.3 Å². The Morgan fingerprint density at radius 1 is 1.33 bits per heavy atom. The molecule has 0 heterocycles. The third kappa shape index (κ3) is 4.21. The fourth-order valence-corrected chi connectivity index (χ4v) is 1.42. The number of benzene rings is 1. The van der Waals surface area contributed by atoms with Gasteiger partial charge in [0.15, 0.2) is 0 Å². The van der Waals surface area contributed by atoms with Gasteiger partial charge in [-0.2, -0.15) is 0 Å². The Kier molecular flexibility index (Phi) is 4.43. The normalized spacial score (nSPS) is 12.8. The van der Waals surface area contributed by atoms with Gasteiger partial charge in [0.25, 0.3) is 0 Å². The molecule has 0 bridgehead atoms. The van der Waals surface area contributed by atoms with Crippen LogP contribution in [0.25, 0.3) is 0 Å². The molecule has 0 aromatic heterocycles. The van der Waals surface area contributed by atoms with E-state index >= 15 is 0 Å². The Hall–Kier alpha value is -1.22. The maximum absolute atomic E-state index is 5.85. The monoisotopic (exact) mass is 207 g/mol. The summed E-state index contributed by atoms with van der Waals surface area (Å²) in [6, 6.07) is 8.32. The van der Waals surface area contributed by atoms with Crippen molar-refractivity contribution in [3.05, 3.63) is 24.3 Å². The second-order valence-corrected chi connectivity index (χ2v) is 4.22. The molecule has 1 aromatic carbocycles. The molecular weight excluding hydrogens is 186 g/mol. The summed E-state index contributed by atoms with van der Waals surface area (Å²) < 4.78 is 0. The van der Waals surface area contributed by atoms with E-state index in [0.29, 0.717) is 6.04 Å². The fourth-order valence-electron chi connectivity index (χ4n) is 1.42. The van der Waals surface area contributed by atoms with E-state index in [1.807, 2.05) is 24.3 Å². The first-order valence-corrected chi connectivity index (χ1v) is 5.35. The number of nitrogens with two attached hydrogens (primary N) is 1. The number of rotatable bonds is 5. The van der Waals surface area contributed by atoms with E-state index < -0.39 is 0 Å². The quantitative estimate of drug-likeness (QED) is 0.726. The van der Waals surface area contributed by atoms with Crippen molar-refractivity contribution in [1.29, 1.82) is 0 Å². The number of para-hydroxylation sites is 2. The third-order valence-electron chi connectivity index (χ3n) is 2.37. The minimum atomic E-state index is 0.442. The first kappa shape index (κ1) is 11.9. The summed E-state index contributed by atoms with van der Waals surface area (Å²) in [5.74, 6) is 0. The largest absolute Gasteiger partial charge is 0.397 e. The predicted molar refractivity (Wildman–Crippen MR) is 67.1 cm³/mol. The summed E-state index contributed by atoms with van der Waals surface area (Å²) >= 11 is 0. The predicted octanol–water partition coefficient (Wildman–Crippen LogP) is 2.02. The zero-order chi connectivity index (χ0) is 11.3. The lowest BCUT2D eigenvalue weighted by Gasteiger charge is -2.18. The molecule has 0 aliphatic rings. The van der Waals surface area contributed by atoms with Crippen molar-refractivity contribution in [1.82, 2.24) is 4.90 Å². The van der Waals surface area contributed by atoms with Crippen LogP contribution in [-0.2, 0) is 0 Å². The van der Waals surface area contributed by atoms with E-state index in [9.17, 15) is 0 Å². The average molecular weight is 207 g/mol. The summed E-state index contributed by atoms with van der Waals surface area (Å²) in [6.45, 7) is 3.26. The van der Waals surface area contributed by atoms with Crippen molar-refractivity contribution in [3.8, 4) is 0 Å². The van der Waals surface area contributed by atoms with E-state index in [-0.39, 0.29) is 0 Å². The minimum Gasteiger partial charge on any atom is -0.397 e. The van der Waals surface area contributed by atoms with E-state index in [4.69, 9.17) is 5.73 Å². The molecular formula is C12H21N3. The molecule has 3 nitrogen and oxygen atoms in total. The molecule has 0 radical (unpaired) electrons. The first-order valence-electron chi connectivity index (χ1n) is 5.35. The molecule has 0 saturated carbocycles. The Morgan fingerprint density at radius 3 is 2.60 bits per heavy atom. The number of nitrogens with one attached hydrogen (secondary N) is 1. The van der Waals surface area contributed by atoms with Crippen LogP contribution >= 0.6 is 0 Å². The Bertz CT molecular complexity index is 297. The van der Waals surface area contributed by atoms with Gasteiger partial charge in [0, 0.05) is 6.04 Å². The van der Waals surface area contributed by atoms with Gasteiger partial charge in [-0.3, -0.25) is 0 Å². The van der Waals surface area contributed by atoms with Gasteiger partial charge < -0.3 is 16.0 Å². The maximum Gasteiger partial charge on any atom is 0.0575 e. The van der Waals surface area contributed by atoms with Crippen molar-refractivity contribution in [2.45, 2.75) is 19.4 Å². The van der Waals surface area contributed by atoms with Crippen molar-refractivity contribution in [2.24, 2.45) is 0 Å². The molecule has 0 spiro atoms. The average Bonchev–Trinajstić information content (AvgIpc) is 2.18. The maximum atomic E-state index is 5.85. The van der Waals surface area contributed by atoms with Crippen LogP contribution in [-0.4, -0.2) is 31.6 Å². The van der Waals surface area contributed by atoms with Crippen LogP contribution in [0.2, 0.25) is 0 Å². The van der Waals surface area contributed by atoms with Gasteiger partial charge in [0.05, 0.1) is 11.4 Å². The summed E-state index contributed by atoms with van der Waals surface area (Å²) in [5, 5.41) is 3.41. The molecule has 0 amide bonds. The SMILES string of the molecule is CC(CCN(C)C)Nc1ccccc1N. The summed E-state index contributed by atoms with van der Waals surface area (Å²) in [5.41, 5.74) is 7.70. The van der Waals surface area contributed by atoms with E-state index in [1.165, 1.54) is 0 Å². The van der Waals surface area contributed by atoms with Crippen LogP contribution in [0.15, 0.2) is 24.3 Å². The molecule has 1 rings (SSSR count). The second-order valence-electron chi connectivity index (χ2n) is 4.22.